The van der Waals surface area contributed by atoms with Gasteiger partial charge < -0.3 is 15.0 Å². The van der Waals surface area contributed by atoms with E-state index in [1.54, 1.807) is 20.1 Å². The van der Waals surface area contributed by atoms with Crippen molar-refractivity contribution in [2.45, 2.75) is 39.3 Å². The van der Waals surface area contributed by atoms with E-state index in [1.807, 2.05) is 6.07 Å². The highest BCUT2D eigenvalue weighted by Gasteiger charge is 2.24. The van der Waals surface area contributed by atoms with E-state index in [0.717, 1.165) is 37.9 Å². The second-order valence-electron chi connectivity index (χ2n) is 9.38. The van der Waals surface area contributed by atoms with Gasteiger partial charge in [-0.3, -0.25) is 9.69 Å². The molecule has 1 aliphatic rings. The van der Waals surface area contributed by atoms with Gasteiger partial charge >= 0.3 is 0 Å². The van der Waals surface area contributed by atoms with E-state index < -0.39 is 23.8 Å². The molecule has 0 spiro atoms. The molecule has 2 heterocycles. The Bertz CT molecular complexity index is 1300. The zero-order chi connectivity index (χ0) is 26.1. The maximum atomic E-state index is 14.8. The normalized spacial score (nSPS) is 15.7. The number of halogens is 3. The monoisotopic (exact) mass is 503 g/mol. The van der Waals surface area contributed by atoms with E-state index in [9.17, 15) is 18.0 Å². The van der Waals surface area contributed by atoms with Gasteiger partial charge in [-0.15, -0.1) is 0 Å². The highest BCUT2D eigenvalue weighted by molar-refractivity contribution is 5.95. The maximum absolute atomic E-state index is 14.8. The number of aryl methyl sites for hydroxylation is 1. The number of alkyl halides is 2. The highest BCUT2D eigenvalue weighted by atomic mass is 19.3. The van der Waals surface area contributed by atoms with E-state index in [4.69, 9.17) is 4.74 Å². The van der Waals surface area contributed by atoms with Gasteiger partial charge in [-0.25, -0.2) is 17.9 Å². The second-order valence-corrected chi connectivity index (χ2v) is 9.38. The van der Waals surface area contributed by atoms with E-state index in [0.29, 0.717) is 28.4 Å². The third kappa shape index (κ3) is 4.86. The van der Waals surface area contributed by atoms with Crippen molar-refractivity contribution in [3.63, 3.8) is 0 Å². The minimum Gasteiger partial charge on any atom is -0.495 e. The number of hydrogen-bond donors (Lipinski definition) is 1. The molecule has 1 fully saturated rings. The van der Waals surface area contributed by atoms with Crippen LogP contribution in [-0.2, 0) is 7.05 Å². The number of rotatable bonds is 7. The third-order valence-corrected chi connectivity index (χ3v) is 6.85. The maximum Gasteiger partial charge on any atom is 0.274 e. The van der Waals surface area contributed by atoms with Crippen LogP contribution in [-0.4, -0.2) is 54.0 Å². The minimum absolute atomic E-state index is 0.0927. The molecule has 1 atom stereocenters. The van der Waals surface area contributed by atoms with Crippen molar-refractivity contribution in [2.75, 3.05) is 43.5 Å². The first-order chi connectivity index (χ1) is 17.1. The average molecular weight is 504 g/mol. The van der Waals surface area contributed by atoms with Gasteiger partial charge in [0.2, 0.25) is 0 Å². The summed E-state index contributed by atoms with van der Waals surface area (Å²) >= 11 is 0. The number of aromatic nitrogens is 2. The fraction of sp³-hybridized carbons (Fsp3) is 0.462. The Morgan fingerprint density at radius 3 is 2.31 bits per heavy atom. The van der Waals surface area contributed by atoms with Crippen LogP contribution < -0.4 is 20.5 Å². The van der Waals surface area contributed by atoms with E-state index in [-0.39, 0.29) is 11.1 Å². The minimum atomic E-state index is -2.92. The van der Waals surface area contributed by atoms with Crippen molar-refractivity contribution in [3.05, 3.63) is 57.6 Å². The predicted molar refractivity (Wildman–Crippen MR) is 136 cm³/mol. The first kappa shape index (κ1) is 25.8. The standard InChI is InChI=1S/C26H32F3N5O2/c1-15(2)33-9-11-34(12-10-33)21-13-19-20(14-22(21)36-5)26(35)32(4)31-25(19)30-16(3)17-7-6-8-18(23(17)27)24(28)29/h6-8,13-16,24H,9-12H2,1-5H3,(H,30,31)/t16-/m1/s1. The molecule has 1 aromatic heterocycles. The van der Waals surface area contributed by atoms with E-state index >= 15 is 0 Å². The Balaban J connectivity index is 1.76. The summed E-state index contributed by atoms with van der Waals surface area (Å²) in [5, 5.41) is 8.48. The molecule has 36 heavy (non-hydrogen) atoms. The zero-order valence-corrected chi connectivity index (χ0v) is 21.2. The van der Waals surface area contributed by atoms with Crippen LogP contribution >= 0.6 is 0 Å². The Hall–Kier alpha value is -3.27. The van der Waals surface area contributed by atoms with Crippen molar-refractivity contribution in [1.29, 1.82) is 0 Å². The fourth-order valence-electron chi connectivity index (χ4n) is 4.72. The Labute approximate surface area is 208 Å². The van der Waals surface area contributed by atoms with Gasteiger partial charge in [-0.1, -0.05) is 18.2 Å². The Morgan fingerprint density at radius 1 is 1.03 bits per heavy atom. The molecule has 7 nitrogen and oxygen atoms in total. The topological polar surface area (TPSA) is 62.6 Å². The van der Waals surface area contributed by atoms with Crippen molar-refractivity contribution < 1.29 is 17.9 Å². The fourth-order valence-corrected chi connectivity index (χ4v) is 4.72. The molecular weight excluding hydrogens is 471 g/mol. The van der Waals surface area contributed by atoms with E-state index in [2.05, 4.69) is 34.1 Å². The van der Waals surface area contributed by atoms with Gasteiger partial charge in [0.05, 0.1) is 29.8 Å². The van der Waals surface area contributed by atoms with Crippen LogP contribution in [0.4, 0.5) is 24.7 Å². The molecule has 3 aromatic rings. The van der Waals surface area contributed by atoms with Gasteiger partial charge in [0, 0.05) is 50.2 Å². The lowest BCUT2D eigenvalue weighted by atomic mass is 10.0. The third-order valence-electron chi connectivity index (χ3n) is 6.85. The molecule has 1 saturated heterocycles. The predicted octanol–water partition coefficient (Wildman–Crippen LogP) is 4.72. The van der Waals surface area contributed by atoms with Crippen LogP contribution in [0.5, 0.6) is 5.75 Å². The van der Waals surface area contributed by atoms with Gasteiger partial charge in [0.25, 0.3) is 12.0 Å². The van der Waals surface area contributed by atoms with Crippen LogP contribution in [0.3, 0.4) is 0 Å². The lowest BCUT2D eigenvalue weighted by Gasteiger charge is -2.38. The zero-order valence-electron chi connectivity index (χ0n) is 21.2. The summed E-state index contributed by atoms with van der Waals surface area (Å²) in [6, 6.07) is 7.30. The molecule has 4 rings (SSSR count). The van der Waals surface area contributed by atoms with Crippen LogP contribution in [0.2, 0.25) is 0 Å². The Morgan fingerprint density at radius 2 is 1.69 bits per heavy atom. The molecule has 1 N–H and O–H groups in total. The largest absolute Gasteiger partial charge is 0.495 e. The molecule has 0 radical (unpaired) electrons. The van der Waals surface area contributed by atoms with Crippen LogP contribution in [0.15, 0.2) is 35.1 Å². The molecule has 194 valence electrons. The van der Waals surface area contributed by atoms with Gasteiger partial charge in [0.1, 0.15) is 11.6 Å². The number of nitrogens with zero attached hydrogens (tertiary/aromatic N) is 4. The summed E-state index contributed by atoms with van der Waals surface area (Å²) in [4.78, 5) is 17.6. The summed E-state index contributed by atoms with van der Waals surface area (Å²) in [5.74, 6) is -0.0170. The summed E-state index contributed by atoms with van der Waals surface area (Å²) in [5.41, 5.74) is -0.0178. The van der Waals surface area contributed by atoms with E-state index in [1.165, 1.54) is 23.9 Å². The SMILES string of the molecule is COc1cc2c(=O)n(C)nc(N[C@H](C)c3cccc(C(F)F)c3F)c2cc1N1CCN(C(C)C)CC1. The summed E-state index contributed by atoms with van der Waals surface area (Å²) in [6.07, 6.45) is -2.92. The first-order valence-electron chi connectivity index (χ1n) is 12.0. The molecule has 0 unspecified atom stereocenters. The van der Waals surface area contributed by atoms with Gasteiger partial charge in [0.15, 0.2) is 5.82 Å². The van der Waals surface area contributed by atoms with Crippen LogP contribution in [0, 0.1) is 5.82 Å². The van der Waals surface area contributed by atoms with Crippen LogP contribution in [0.25, 0.3) is 10.8 Å². The number of piperazine rings is 1. The molecule has 0 bridgehead atoms. The van der Waals surface area contributed by atoms with Gasteiger partial charge in [-0.2, -0.15) is 5.10 Å². The molecule has 0 aliphatic carbocycles. The number of methoxy groups -OCH3 is 1. The molecule has 10 heteroatoms. The summed E-state index contributed by atoms with van der Waals surface area (Å²) in [7, 11) is 3.10. The highest BCUT2D eigenvalue weighted by Crippen LogP contribution is 2.36. The number of hydrogen-bond acceptors (Lipinski definition) is 6. The second kappa shape index (κ2) is 10.4. The average Bonchev–Trinajstić information content (AvgIpc) is 2.86. The molecule has 1 aliphatic heterocycles. The van der Waals surface area contributed by atoms with Crippen molar-refractivity contribution in [2.24, 2.45) is 7.05 Å². The van der Waals surface area contributed by atoms with Crippen molar-refractivity contribution >= 4 is 22.3 Å². The van der Waals surface area contributed by atoms with Crippen molar-refractivity contribution in [3.8, 4) is 5.75 Å². The molecule has 0 amide bonds. The number of fused-ring (bicyclic) bond motifs is 1. The lowest BCUT2D eigenvalue weighted by molar-refractivity contribution is 0.146. The van der Waals surface area contributed by atoms with Gasteiger partial charge in [-0.05, 0) is 32.9 Å². The first-order valence-corrected chi connectivity index (χ1v) is 12.0. The van der Waals surface area contributed by atoms with Crippen LogP contribution in [0.1, 0.15) is 44.4 Å². The quantitative estimate of drug-likeness (QED) is 0.504. The number of ether oxygens (including phenoxy) is 1. The molecular formula is C26H32F3N5O2. The Kier molecular flexibility index (Phi) is 7.44. The molecule has 2 aromatic carbocycles. The smallest absolute Gasteiger partial charge is 0.274 e. The molecule has 0 saturated carbocycles. The lowest BCUT2D eigenvalue weighted by Crippen LogP contribution is -2.49. The van der Waals surface area contributed by atoms with Crippen molar-refractivity contribution in [1.82, 2.24) is 14.7 Å². The number of anilines is 2. The number of benzene rings is 2. The number of nitrogens with one attached hydrogen (secondary N) is 1. The summed E-state index contributed by atoms with van der Waals surface area (Å²) < 4.78 is 48.1. The summed E-state index contributed by atoms with van der Waals surface area (Å²) in [6.45, 7) is 9.40.